The Bertz CT molecular complexity index is 2060. The fraction of sp³-hybridized carbons (Fsp3) is 0.0606. The van der Waals surface area contributed by atoms with E-state index in [4.69, 9.17) is 4.98 Å². The lowest BCUT2D eigenvalue weighted by atomic mass is 9.96. The van der Waals surface area contributed by atoms with Crippen LogP contribution in [-0.4, -0.2) is 9.38 Å². The number of nitrogens with zero attached hydrogens (tertiary/aromatic N) is 2. The molecule has 35 heavy (non-hydrogen) atoms. The molecule has 2 heterocycles. The third kappa shape index (κ3) is 2.18. The molecular formula is C33H20N2. The highest BCUT2D eigenvalue weighted by Gasteiger charge is 2.28. The van der Waals surface area contributed by atoms with E-state index in [1.807, 2.05) is 0 Å². The van der Waals surface area contributed by atoms with Crippen molar-refractivity contribution in [2.45, 2.75) is 12.8 Å². The van der Waals surface area contributed by atoms with Crippen molar-refractivity contribution in [2.24, 2.45) is 0 Å². The van der Waals surface area contributed by atoms with Crippen LogP contribution in [0.25, 0.3) is 60.6 Å². The maximum atomic E-state index is 5.19. The molecule has 0 radical (unpaired) electrons. The van der Waals surface area contributed by atoms with Crippen molar-refractivity contribution in [2.75, 3.05) is 0 Å². The topological polar surface area (TPSA) is 17.3 Å². The molecule has 5 aromatic carbocycles. The standard InChI is InChI=1S/C33H20N2/c1-2-8-22-19(7-1)15-20-16-27-21(17-26(20)22)18-28-23(27)13-14-25-24-9-3-5-11-30(24)35-31-12-6-4-10-29(31)34-33(35)32(25)28/h1-14,16-17H,15,18H2. The molecule has 0 saturated heterocycles. The highest BCUT2D eigenvalue weighted by molar-refractivity contribution is 6.17. The molecule has 0 fully saturated rings. The quantitative estimate of drug-likeness (QED) is 0.217. The summed E-state index contributed by atoms with van der Waals surface area (Å²) in [6, 6.07) is 35.7. The first-order chi connectivity index (χ1) is 17.3. The maximum absolute atomic E-state index is 5.19. The average Bonchev–Trinajstić information content (AvgIpc) is 3.58. The number of rotatable bonds is 0. The summed E-state index contributed by atoms with van der Waals surface area (Å²) in [6.07, 6.45) is 1.98. The highest BCUT2D eigenvalue weighted by Crippen LogP contribution is 2.47. The third-order valence-corrected chi connectivity index (χ3v) is 8.21. The van der Waals surface area contributed by atoms with Crippen molar-refractivity contribution in [1.82, 2.24) is 9.38 Å². The van der Waals surface area contributed by atoms with Crippen molar-refractivity contribution in [1.29, 1.82) is 0 Å². The Hall–Kier alpha value is -4.43. The highest BCUT2D eigenvalue weighted by atomic mass is 15.0. The average molecular weight is 445 g/mol. The minimum Gasteiger partial charge on any atom is -0.292 e. The van der Waals surface area contributed by atoms with Gasteiger partial charge in [0.25, 0.3) is 0 Å². The molecule has 0 amide bonds. The van der Waals surface area contributed by atoms with Crippen molar-refractivity contribution < 1.29 is 0 Å². The zero-order valence-corrected chi connectivity index (χ0v) is 19.0. The SMILES string of the molecule is c1ccc2c(c1)Cc1cc3c(cc1-2)Cc1c-3ccc2c3ccccc3n3c4ccccc4nc3c12. The summed E-state index contributed by atoms with van der Waals surface area (Å²) in [4.78, 5) is 5.19. The number of fused-ring (bicyclic) bond motifs is 15. The van der Waals surface area contributed by atoms with Gasteiger partial charge in [-0.05, 0) is 93.1 Å². The Morgan fingerprint density at radius 1 is 0.543 bits per heavy atom. The van der Waals surface area contributed by atoms with Gasteiger partial charge >= 0.3 is 0 Å². The second-order valence-corrected chi connectivity index (χ2v) is 9.97. The van der Waals surface area contributed by atoms with Crippen molar-refractivity contribution in [3.63, 3.8) is 0 Å². The lowest BCUT2D eigenvalue weighted by Crippen LogP contribution is -1.94. The van der Waals surface area contributed by atoms with Gasteiger partial charge in [0.15, 0.2) is 0 Å². The molecule has 7 aromatic rings. The van der Waals surface area contributed by atoms with Gasteiger partial charge in [-0.1, -0.05) is 66.7 Å². The van der Waals surface area contributed by atoms with Gasteiger partial charge < -0.3 is 0 Å². The molecule has 2 aromatic heterocycles. The van der Waals surface area contributed by atoms with Crippen molar-refractivity contribution in [3.05, 3.63) is 119 Å². The van der Waals surface area contributed by atoms with Crippen LogP contribution >= 0.6 is 0 Å². The first-order valence-electron chi connectivity index (χ1n) is 12.3. The van der Waals surface area contributed by atoms with Crippen LogP contribution in [0.3, 0.4) is 0 Å². The first kappa shape index (κ1) is 18.0. The molecule has 9 rings (SSSR count). The number of para-hydroxylation sites is 3. The minimum absolute atomic E-state index is 0.953. The van der Waals surface area contributed by atoms with Crippen LogP contribution in [0.15, 0.2) is 97.1 Å². The molecule has 0 bridgehead atoms. The Morgan fingerprint density at radius 3 is 2.23 bits per heavy atom. The fourth-order valence-corrected chi connectivity index (χ4v) is 6.71. The van der Waals surface area contributed by atoms with Gasteiger partial charge in [-0.2, -0.15) is 0 Å². The predicted octanol–water partition coefficient (Wildman–Crippen LogP) is 7.94. The van der Waals surface area contributed by atoms with Crippen LogP contribution in [0.2, 0.25) is 0 Å². The van der Waals surface area contributed by atoms with Gasteiger partial charge in [-0.15, -0.1) is 0 Å². The van der Waals surface area contributed by atoms with Crippen LogP contribution in [0.4, 0.5) is 0 Å². The van der Waals surface area contributed by atoms with E-state index in [0.29, 0.717) is 0 Å². The van der Waals surface area contributed by atoms with Crippen LogP contribution in [0, 0.1) is 0 Å². The predicted molar refractivity (Wildman–Crippen MR) is 144 cm³/mol. The molecule has 0 aliphatic heterocycles. The molecule has 2 heteroatoms. The van der Waals surface area contributed by atoms with Crippen molar-refractivity contribution in [3.8, 4) is 22.3 Å². The van der Waals surface area contributed by atoms with Crippen LogP contribution in [0.1, 0.15) is 22.3 Å². The molecule has 2 aliphatic rings. The normalized spacial score (nSPS) is 13.5. The fourth-order valence-electron chi connectivity index (χ4n) is 6.71. The van der Waals surface area contributed by atoms with Gasteiger partial charge in [-0.3, -0.25) is 4.40 Å². The Morgan fingerprint density at radius 2 is 1.29 bits per heavy atom. The summed E-state index contributed by atoms with van der Waals surface area (Å²) >= 11 is 0. The van der Waals surface area contributed by atoms with E-state index in [1.54, 1.807) is 0 Å². The van der Waals surface area contributed by atoms with Crippen LogP contribution in [-0.2, 0) is 12.8 Å². The molecule has 0 unspecified atom stereocenters. The zero-order valence-electron chi connectivity index (χ0n) is 19.0. The smallest absolute Gasteiger partial charge is 0.146 e. The monoisotopic (exact) mass is 444 g/mol. The molecule has 162 valence electrons. The number of imidazole rings is 1. The van der Waals surface area contributed by atoms with Gasteiger partial charge in [0.1, 0.15) is 5.65 Å². The number of pyridine rings is 1. The van der Waals surface area contributed by atoms with Gasteiger partial charge in [0, 0.05) is 10.8 Å². The van der Waals surface area contributed by atoms with Crippen molar-refractivity contribution >= 4 is 38.4 Å². The summed E-state index contributed by atoms with van der Waals surface area (Å²) in [5.41, 5.74) is 15.8. The number of aromatic nitrogens is 2. The van der Waals surface area contributed by atoms with E-state index in [9.17, 15) is 0 Å². The van der Waals surface area contributed by atoms with Gasteiger partial charge in [0.05, 0.1) is 16.6 Å². The summed E-state index contributed by atoms with van der Waals surface area (Å²) < 4.78 is 2.37. The number of hydrogen-bond acceptors (Lipinski definition) is 1. The molecule has 0 saturated carbocycles. The molecular weight excluding hydrogens is 424 g/mol. The van der Waals surface area contributed by atoms with E-state index in [-0.39, 0.29) is 0 Å². The summed E-state index contributed by atoms with van der Waals surface area (Å²) in [5.74, 6) is 0. The Kier molecular flexibility index (Phi) is 3.16. The van der Waals surface area contributed by atoms with E-state index in [1.165, 1.54) is 71.7 Å². The molecule has 0 N–H and O–H groups in total. The minimum atomic E-state index is 0.953. The third-order valence-electron chi connectivity index (χ3n) is 8.21. The Labute approximate surface area is 202 Å². The largest absolute Gasteiger partial charge is 0.292 e. The second-order valence-electron chi connectivity index (χ2n) is 9.97. The van der Waals surface area contributed by atoms with Gasteiger partial charge in [-0.25, -0.2) is 4.98 Å². The zero-order chi connectivity index (χ0) is 22.7. The van der Waals surface area contributed by atoms with E-state index >= 15 is 0 Å². The molecule has 0 atom stereocenters. The number of hydrogen-bond donors (Lipinski definition) is 0. The molecule has 2 nitrogen and oxygen atoms in total. The van der Waals surface area contributed by atoms with Gasteiger partial charge in [0.2, 0.25) is 0 Å². The number of benzene rings is 5. The maximum Gasteiger partial charge on any atom is 0.146 e. The van der Waals surface area contributed by atoms with E-state index in [0.717, 1.165) is 24.0 Å². The lowest BCUT2D eigenvalue weighted by molar-refractivity contribution is 1.24. The first-order valence-corrected chi connectivity index (χ1v) is 12.3. The summed E-state index contributed by atoms with van der Waals surface area (Å²) in [7, 11) is 0. The van der Waals surface area contributed by atoms with E-state index < -0.39 is 0 Å². The second kappa shape index (κ2) is 6.17. The summed E-state index contributed by atoms with van der Waals surface area (Å²) in [6.45, 7) is 0. The van der Waals surface area contributed by atoms with E-state index in [2.05, 4.69) is 101 Å². The lowest BCUT2D eigenvalue weighted by Gasteiger charge is -2.12. The molecule has 0 spiro atoms. The van der Waals surface area contributed by atoms with Crippen LogP contribution in [0.5, 0.6) is 0 Å². The summed E-state index contributed by atoms with van der Waals surface area (Å²) in [5, 5.41) is 3.88. The Balaban J connectivity index is 1.40. The molecule has 2 aliphatic carbocycles. The van der Waals surface area contributed by atoms with Crippen LogP contribution < -0.4 is 0 Å².